The normalized spacial score (nSPS) is 17.8. The summed E-state index contributed by atoms with van der Waals surface area (Å²) in [5.74, 6) is -0.699. The predicted molar refractivity (Wildman–Crippen MR) is 114 cm³/mol. The zero-order chi connectivity index (χ0) is 23.7. The molecule has 1 N–H and O–H groups in total. The molecule has 0 bridgehead atoms. The molecule has 32 heavy (non-hydrogen) atoms. The van der Waals surface area contributed by atoms with E-state index in [2.05, 4.69) is 5.32 Å². The number of rotatable bonds is 5. The number of alkyl halides is 3. The second kappa shape index (κ2) is 9.29. The summed E-state index contributed by atoms with van der Waals surface area (Å²) in [6.45, 7) is 1.90. The lowest BCUT2D eigenvalue weighted by Crippen LogP contribution is -2.43. The molecule has 1 atom stereocenters. The number of carbonyl (C=O) groups is 1. The van der Waals surface area contributed by atoms with Crippen molar-refractivity contribution in [2.24, 2.45) is 5.92 Å². The second-order valence-electron chi connectivity index (χ2n) is 7.52. The molecule has 0 radical (unpaired) electrons. The standard InChI is InChI=1S/C21H22ClF3N2O4S/c1-13-10-16(6-8-19(13)31-2)32(29,30)27-9-3-4-14(12-27)20(28)26-15-5-7-18(22)17(11-15)21(23,24)25/h5-8,10-11,14H,3-4,9,12H2,1-2H3,(H,26,28). The summed E-state index contributed by atoms with van der Waals surface area (Å²) in [7, 11) is -2.36. The number of anilines is 1. The monoisotopic (exact) mass is 490 g/mol. The molecule has 11 heteroatoms. The van der Waals surface area contributed by atoms with Crippen LogP contribution < -0.4 is 10.1 Å². The summed E-state index contributed by atoms with van der Waals surface area (Å²) in [5, 5.41) is 1.98. The fourth-order valence-electron chi connectivity index (χ4n) is 3.60. The molecule has 3 rings (SSSR count). The van der Waals surface area contributed by atoms with Crippen LogP contribution in [0.15, 0.2) is 41.3 Å². The van der Waals surface area contributed by atoms with E-state index >= 15 is 0 Å². The Bertz CT molecular complexity index is 1120. The number of aryl methyl sites for hydroxylation is 1. The van der Waals surface area contributed by atoms with Gasteiger partial charge in [0, 0.05) is 18.8 Å². The van der Waals surface area contributed by atoms with Crippen LogP contribution >= 0.6 is 11.6 Å². The van der Waals surface area contributed by atoms with Gasteiger partial charge in [0.15, 0.2) is 0 Å². The van der Waals surface area contributed by atoms with Crippen molar-refractivity contribution in [2.45, 2.75) is 30.8 Å². The first-order valence-electron chi connectivity index (χ1n) is 9.76. The summed E-state index contributed by atoms with van der Waals surface area (Å²) in [5.41, 5.74) is -0.458. The SMILES string of the molecule is COc1ccc(S(=O)(=O)N2CCCC(C(=O)Nc3ccc(Cl)c(C(F)(F)F)c3)C2)cc1C. The van der Waals surface area contributed by atoms with Crippen molar-refractivity contribution in [1.82, 2.24) is 4.31 Å². The van der Waals surface area contributed by atoms with Gasteiger partial charge in [-0.1, -0.05) is 11.6 Å². The molecule has 1 saturated heterocycles. The summed E-state index contributed by atoms with van der Waals surface area (Å²) in [4.78, 5) is 12.8. The van der Waals surface area contributed by atoms with Gasteiger partial charge in [-0.3, -0.25) is 4.79 Å². The van der Waals surface area contributed by atoms with Gasteiger partial charge in [0.1, 0.15) is 5.75 Å². The molecule has 2 aromatic carbocycles. The summed E-state index contributed by atoms with van der Waals surface area (Å²) in [6, 6.07) is 7.60. The van der Waals surface area contributed by atoms with Gasteiger partial charge in [-0.2, -0.15) is 17.5 Å². The lowest BCUT2D eigenvalue weighted by atomic mass is 9.98. The number of amides is 1. The van der Waals surface area contributed by atoms with Gasteiger partial charge in [-0.05, 0) is 61.7 Å². The zero-order valence-electron chi connectivity index (χ0n) is 17.4. The van der Waals surface area contributed by atoms with E-state index in [4.69, 9.17) is 16.3 Å². The van der Waals surface area contributed by atoms with Crippen LogP contribution in [-0.2, 0) is 21.0 Å². The van der Waals surface area contributed by atoms with Crippen molar-refractivity contribution in [3.05, 3.63) is 52.5 Å². The van der Waals surface area contributed by atoms with Crippen LogP contribution in [0.25, 0.3) is 0 Å². The summed E-state index contributed by atoms with van der Waals surface area (Å²) >= 11 is 5.61. The Hall–Kier alpha value is -2.30. The zero-order valence-corrected chi connectivity index (χ0v) is 18.9. The Labute approximate surface area is 189 Å². The third kappa shape index (κ3) is 5.19. The van der Waals surface area contributed by atoms with Gasteiger partial charge >= 0.3 is 6.18 Å². The third-order valence-electron chi connectivity index (χ3n) is 5.30. The predicted octanol–water partition coefficient (Wildman–Crippen LogP) is 4.72. The average Bonchev–Trinajstić information content (AvgIpc) is 2.74. The smallest absolute Gasteiger partial charge is 0.417 e. The number of methoxy groups -OCH3 is 1. The van der Waals surface area contributed by atoms with Crippen LogP contribution in [0.1, 0.15) is 24.0 Å². The maximum Gasteiger partial charge on any atom is 0.417 e. The molecule has 1 unspecified atom stereocenters. The van der Waals surface area contributed by atoms with Crippen molar-refractivity contribution in [2.75, 3.05) is 25.5 Å². The van der Waals surface area contributed by atoms with Gasteiger partial charge in [-0.15, -0.1) is 0 Å². The highest BCUT2D eigenvalue weighted by atomic mass is 35.5. The molecule has 6 nitrogen and oxygen atoms in total. The lowest BCUT2D eigenvalue weighted by molar-refractivity contribution is -0.137. The van der Waals surface area contributed by atoms with Gasteiger partial charge in [-0.25, -0.2) is 8.42 Å². The number of hydrogen-bond acceptors (Lipinski definition) is 4. The number of ether oxygens (including phenoxy) is 1. The largest absolute Gasteiger partial charge is 0.496 e. The molecular weight excluding hydrogens is 469 g/mol. The Morgan fingerprint density at radius 1 is 1.22 bits per heavy atom. The Balaban J connectivity index is 1.76. The van der Waals surface area contributed by atoms with E-state index in [-0.39, 0.29) is 23.7 Å². The molecule has 0 spiro atoms. The molecule has 0 aliphatic carbocycles. The summed E-state index contributed by atoms with van der Waals surface area (Å²) < 4.78 is 71.7. The van der Waals surface area contributed by atoms with Gasteiger partial charge in [0.05, 0.1) is 28.5 Å². The number of benzene rings is 2. The van der Waals surface area contributed by atoms with E-state index in [1.165, 1.54) is 29.6 Å². The minimum absolute atomic E-state index is 0.0579. The second-order valence-corrected chi connectivity index (χ2v) is 9.86. The molecule has 1 amide bonds. The van der Waals surface area contributed by atoms with Crippen LogP contribution in [0, 0.1) is 12.8 Å². The van der Waals surface area contributed by atoms with Crippen molar-refractivity contribution in [1.29, 1.82) is 0 Å². The molecule has 1 aliphatic rings. The van der Waals surface area contributed by atoms with E-state index in [0.29, 0.717) is 24.2 Å². The number of nitrogens with one attached hydrogen (secondary N) is 1. The van der Waals surface area contributed by atoms with E-state index in [1.54, 1.807) is 13.0 Å². The van der Waals surface area contributed by atoms with Crippen molar-refractivity contribution < 1.29 is 31.1 Å². The fraction of sp³-hybridized carbons (Fsp3) is 0.381. The highest BCUT2D eigenvalue weighted by molar-refractivity contribution is 7.89. The fourth-order valence-corrected chi connectivity index (χ4v) is 5.43. The van der Waals surface area contributed by atoms with Crippen molar-refractivity contribution in [3.63, 3.8) is 0 Å². The number of carbonyl (C=O) groups excluding carboxylic acids is 1. The maximum atomic E-state index is 13.1. The molecule has 0 saturated carbocycles. The highest BCUT2D eigenvalue weighted by Gasteiger charge is 2.35. The molecule has 2 aromatic rings. The van der Waals surface area contributed by atoms with Crippen LogP contribution in [0.4, 0.5) is 18.9 Å². The van der Waals surface area contributed by atoms with Gasteiger partial charge in [0.2, 0.25) is 15.9 Å². The third-order valence-corrected chi connectivity index (χ3v) is 7.49. The Kier molecular flexibility index (Phi) is 7.06. The number of hydrogen-bond donors (Lipinski definition) is 1. The number of piperidine rings is 1. The lowest BCUT2D eigenvalue weighted by Gasteiger charge is -2.31. The number of halogens is 4. The molecule has 174 valence electrons. The van der Waals surface area contributed by atoms with E-state index in [9.17, 15) is 26.4 Å². The number of sulfonamides is 1. The first kappa shape index (κ1) is 24.3. The molecular formula is C21H22ClF3N2O4S. The Morgan fingerprint density at radius 2 is 1.94 bits per heavy atom. The van der Waals surface area contributed by atoms with E-state index in [0.717, 1.165) is 12.1 Å². The molecule has 1 aliphatic heterocycles. The van der Waals surface area contributed by atoms with Crippen LogP contribution in [0.3, 0.4) is 0 Å². The van der Waals surface area contributed by atoms with Gasteiger partial charge < -0.3 is 10.1 Å². The van der Waals surface area contributed by atoms with Crippen molar-refractivity contribution >= 4 is 33.2 Å². The highest BCUT2D eigenvalue weighted by Crippen LogP contribution is 2.36. The molecule has 0 aromatic heterocycles. The Morgan fingerprint density at radius 3 is 2.56 bits per heavy atom. The van der Waals surface area contributed by atoms with E-state index in [1.807, 2.05) is 0 Å². The average molecular weight is 491 g/mol. The topological polar surface area (TPSA) is 75.7 Å². The summed E-state index contributed by atoms with van der Waals surface area (Å²) in [6.07, 6.45) is -3.80. The minimum atomic E-state index is -4.66. The van der Waals surface area contributed by atoms with Crippen LogP contribution in [-0.4, -0.2) is 38.8 Å². The van der Waals surface area contributed by atoms with E-state index < -0.39 is 38.6 Å². The van der Waals surface area contributed by atoms with Crippen molar-refractivity contribution in [3.8, 4) is 5.75 Å². The quantitative estimate of drug-likeness (QED) is 0.658. The molecule has 1 heterocycles. The first-order valence-corrected chi connectivity index (χ1v) is 11.6. The maximum absolute atomic E-state index is 13.1. The van der Waals surface area contributed by atoms with Crippen LogP contribution in [0.5, 0.6) is 5.75 Å². The molecule has 1 fully saturated rings. The van der Waals surface area contributed by atoms with Gasteiger partial charge in [0.25, 0.3) is 0 Å². The minimum Gasteiger partial charge on any atom is -0.496 e. The van der Waals surface area contributed by atoms with Crippen LogP contribution in [0.2, 0.25) is 5.02 Å². The first-order chi connectivity index (χ1) is 14.9. The number of nitrogens with zero attached hydrogens (tertiary/aromatic N) is 1.